The molecule has 0 amide bonds. The minimum atomic E-state index is -1.15. The number of nitrogens with two attached hydrogens (primary N) is 2. The molecule has 0 spiro atoms. The lowest BCUT2D eigenvalue weighted by atomic mass is 10.6. The Morgan fingerprint density at radius 3 is 2.43 bits per heavy atom. The molecule has 0 aromatic carbocycles. The predicted octanol–water partition coefficient (Wildman–Crippen LogP) is -2.24. The fourth-order valence-electron chi connectivity index (χ4n) is 1.15. The SMILES string of the molecule is NC1N=NC(=C2N=NC(N[N+](=O)[O-])=N2)N1N[N+](=O)[O-].NO. The summed E-state index contributed by atoms with van der Waals surface area (Å²) in [6, 6.07) is 0. The molecule has 2 aliphatic rings. The number of nitrogens with one attached hydrogen (secondary N) is 2. The van der Waals surface area contributed by atoms with Crippen LogP contribution in [0.3, 0.4) is 0 Å². The Balaban J connectivity index is 0.00000106. The van der Waals surface area contributed by atoms with E-state index in [2.05, 4.69) is 31.3 Å². The second kappa shape index (κ2) is 6.74. The lowest BCUT2D eigenvalue weighted by Gasteiger charge is -2.15. The van der Waals surface area contributed by atoms with Gasteiger partial charge in [0, 0.05) is 0 Å². The first kappa shape index (κ1) is 15.7. The monoisotopic (exact) mass is 304 g/mol. The fourth-order valence-corrected chi connectivity index (χ4v) is 1.15. The van der Waals surface area contributed by atoms with Crippen molar-refractivity contribution in [3.63, 3.8) is 0 Å². The van der Waals surface area contributed by atoms with E-state index in [4.69, 9.17) is 10.9 Å². The summed E-state index contributed by atoms with van der Waals surface area (Å²) >= 11 is 0. The second-order valence-electron chi connectivity index (χ2n) is 3.01. The molecule has 0 saturated heterocycles. The Morgan fingerprint density at radius 1 is 1.19 bits per heavy atom. The van der Waals surface area contributed by atoms with E-state index < -0.39 is 22.3 Å². The fraction of sp³-hybridized carbons (Fsp3) is 0.250. The van der Waals surface area contributed by atoms with Crippen LogP contribution in [0.2, 0.25) is 0 Å². The Kier molecular flexibility index (Phi) is 5.05. The van der Waals surface area contributed by atoms with E-state index in [1.54, 1.807) is 11.0 Å². The molecular formula is C4H8N12O5. The average molecular weight is 304 g/mol. The zero-order valence-electron chi connectivity index (χ0n) is 9.89. The van der Waals surface area contributed by atoms with Gasteiger partial charge in [-0.3, -0.25) is 5.73 Å². The molecule has 1 unspecified atom stereocenters. The Hall–Kier alpha value is -3.31. The van der Waals surface area contributed by atoms with Gasteiger partial charge in [-0.1, -0.05) is 5.43 Å². The van der Waals surface area contributed by atoms with Crippen LogP contribution in [0.15, 0.2) is 37.1 Å². The summed E-state index contributed by atoms with van der Waals surface area (Å²) in [7, 11) is 0. The third-order valence-electron chi connectivity index (χ3n) is 1.80. The van der Waals surface area contributed by atoms with Gasteiger partial charge in [-0.2, -0.15) is 10.0 Å². The van der Waals surface area contributed by atoms with Gasteiger partial charge in [0.15, 0.2) is 10.1 Å². The maximum atomic E-state index is 10.4. The first-order valence-corrected chi connectivity index (χ1v) is 4.75. The largest absolute Gasteiger partial charge is 0.320 e. The standard InChI is InChI=1S/C4H5N11O4.H3NO/c5-3-9-8-2(13(3)12-15(18)19)1-6-4(10-7-1)11-14(16)17;1-2/h3,12H,5H2,(H,6,11);2H,1H2. The molecule has 0 saturated carbocycles. The summed E-state index contributed by atoms with van der Waals surface area (Å²) in [5, 5.41) is 39.8. The van der Waals surface area contributed by atoms with Crippen molar-refractivity contribution in [2.45, 2.75) is 6.29 Å². The molecule has 7 N–H and O–H groups in total. The number of hydrazine groups is 3. The van der Waals surface area contributed by atoms with Crippen LogP contribution >= 0.6 is 0 Å². The molecule has 2 rings (SSSR count). The van der Waals surface area contributed by atoms with Gasteiger partial charge in [-0.25, -0.2) is 26.1 Å². The van der Waals surface area contributed by atoms with Gasteiger partial charge in [-0.05, 0) is 5.53 Å². The Labute approximate surface area is 113 Å². The molecule has 114 valence electrons. The second-order valence-corrected chi connectivity index (χ2v) is 3.01. The molecule has 17 nitrogen and oxygen atoms in total. The molecule has 0 aromatic heterocycles. The van der Waals surface area contributed by atoms with Crippen molar-refractivity contribution in [1.29, 1.82) is 0 Å². The first-order chi connectivity index (χ1) is 9.97. The average Bonchev–Trinajstić information content (AvgIpc) is 2.99. The normalized spacial score (nSPS) is 22.5. The zero-order valence-corrected chi connectivity index (χ0v) is 9.89. The number of nitrogens with zero attached hydrogens (tertiary/aromatic N) is 8. The highest BCUT2D eigenvalue weighted by Crippen LogP contribution is 2.23. The van der Waals surface area contributed by atoms with Crippen molar-refractivity contribution >= 4 is 5.96 Å². The van der Waals surface area contributed by atoms with Gasteiger partial charge in [0.25, 0.3) is 0 Å². The Bertz CT molecular complexity index is 550. The van der Waals surface area contributed by atoms with Crippen molar-refractivity contribution in [1.82, 2.24) is 16.0 Å². The van der Waals surface area contributed by atoms with Gasteiger partial charge in [0.1, 0.15) is 0 Å². The van der Waals surface area contributed by atoms with Crippen molar-refractivity contribution in [2.24, 2.45) is 37.1 Å². The van der Waals surface area contributed by atoms with Crippen molar-refractivity contribution in [2.75, 3.05) is 0 Å². The van der Waals surface area contributed by atoms with Crippen molar-refractivity contribution < 1.29 is 15.3 Å². The lowest BCUT2D eigenvalue weighted by Crippen LogP contribution is -2.48. The van der Waals surface area contributed by atoms with Gasteiger partial charge < -0.3 is 5.21 Å². The molecule has 0 bridgehead atoms. The number of guanidine groups is 1. The highest BCUT2D eigenvalue weighted by atomic mass is 16.7. The molecule has 0 radical (unpaired) electrons. The first-order valence-electron chi connectivity index (χ1n) is 4.75. The van der Waals surface area contributed by atoms with E-state index in [0.717, 1.165) is 5.01 Å². The van der Waals surface area contributed by atoms with Gasteiger partial charge in [-0.15, -0.1) is 20.5 Å². The van der Waals surface area contributed by atoms with Crippen LogP contribution in [0.1, 0.15) is 0 Å². The quantitative estimate of drug-likeness (QED) is 0.276. The minimum Gasteiger partial charge on any atom is -0.320 e. The topological polar surface area (TPSA) is 248 Å². The number of azo groups is 2. The van der Waals surface area contributed by atoms with E-state index in [-0.39, 0.29) is 11.6 Å². The summed E-state index contributed by atoms with van der Waals surface area (Å²) in [5.41, 5.74) is 8.82. The number of hydrogen-bond acceptors (Lipinski definition) is 13. The highest BCUT2D eigenvalue weighted by molar-refractivity contribution is 5.81. The van der Waals surface area contributed by atoms with Crippen LogP contribution in [-0.4, -0.2) is 32.5 Å². The van der Waals surface area contributed by atoms with Gasteiger partial charge in [0.05, 0.1) is 0 Å². The number of hydrogen-bond donors (Lipinski definition) is 5. The number of nitro groups is 2. The third-order valence-corrected chi connectivity index (χ3v) is 1.80. The van der Waals surface area contributed by atoms with Crippen molar-refractivity contribution in [3.8, 4) is 0 Å². The number of aliphatic imine (C=N–C) groups is 1. The van der Waals surface area contributed by atoms with E-state index >= 15 is 0 Å². The van der Waals surface area contributed by atoms with Gasteiger partial charge >= 0.3 is 5.96 Å². The molecule has 21 heavy (non-hydrogen) atoms. The molecule has 1 atom stereocenters. The predicted molar refractivity (Wildman–Crippen MR) is 60.2 cm³/mol. The van der Waals surface area contributed by atoms with Crippen LogP contribution < -0.4 is 22.6 Å². The number of rotatable bonds is 3. The molecule has 2 heterocycles. The van der Waals surface area contributed by atoms with E-state index in [1.165, 1.54) is 0 Å². The molecule has 0 aliphatic carbocycles. The summed E-state index contributed by atoms with van der Waals surface area (Å²) in [5.74, 6) is 2.70. The van der Waals surface area contributed by atoms with Crippen LogP contribution in [0.4, 0.5) is 0 Å². The van der Waals surface area contributed by atoms with Gasteiger partial charge in [0.2, 0.25) is 17.9 Å². The molecule has 17 heteroatoms. The lowest BCUT2D eigenvalue weighted by molar-refractivity contribution is -0.577. The summed E-state index contributed by atoms with van der Waals surface area (Å²) < 4.78 is 0. The van der Waals surface area contributed by atoms with E-state index in [9.17, 15) is 20.2 Å². The summed E-state index contributed by atoms with van der Waals surface area (Å²) in [4.78, 5) is 24.1. The van der Waals surface area contributed by atoms with Crippen molar-refractivity contribution in [3.05, 3.63) is 31.9 Å². The maximum absolute atomic E-state index is 10.4. The molecule has 0 fully saturated rings. The summed E-state index contributed by atoms with van der Waals surface area (Å²) in [6.07, 6.45) is -1.15. The molecular weight excluding hydrogens is 296 g/mol. The molecule has 0 aromatic rings. The minimum absolute atomic E-state index is 0.187. The third kappa shape index (κ3) is 3.82. The van der Waals surface area contributed by atoms with Crippen LogP contribution in [0, 0.1) is 20.2 Å². The summed E-state index contributed by atoms with van der Waals surface area (Å²) in [6.45, 7) is 0. The smallest absolute Gasteiger partial charge is 0.305 e. The zero-order chi connectivity index (χ0) is 16.0. The maximum Gasteiger partial charge on any atom is 0.305 e. The Morgan fingerprint density at radius 2 is 1.86 bits per heavy atom. The molecule has 2 aliphatic heterocycles. The highest BCUT2D eigenvalue weighted by Gasteiger charge is 2.31. The van der Waals surface area contributed by atoms with Crippen LogP contribution in [0.25, 0.3) is 0 Å². The van der Waals surface area contributed by atoms with Crippen LogP contribution in [0.5, 0.6) is 0 Å². The van der Waals surface area contributed by atoms with Crippen LogP contribution in [-0.2, 0) is 0 Å². The van der Waals surface area contributed by atoms with E-state index in [0.29, 0.717) is 0 Å². The van der Waals surface area contributed by atoms with E-state index in [1.807, 2.05) is 0 Å².